The summed E-state index contributed by atoms with van der Waals surface area (Å²) >= 11 is 0. The van der Waals surface area contributed by atoms with Crippen LogP contribution < -0.4 is 9.95 Å². The zero-order chi connectivity index (χ0) is 16.6. The van der Waals surface area contributed by atoms with Crippen LogP contribution in [0.15, 0.2) is 57.9 Å². The van der Waals surface area contributed by atoms with E-state index in [2.05, 4.69) is 4.52 Å². The fourth-order valence-electron chi connectivity index (χ4n) is 2.14. The van der Waals surface area contributed by atoms with Crippen molar-refractivity contribution in [1.29, 1.82) is 0 Å². The van der Waals surface area contributed by atoms with Crippen LogP contribution in [0.4, 0.5) is 0 Å². The summed E-state index contributed by atoms with van der Waals surface area (Å²) in [5.41, 5.74) is 0.721. The number of rotatable bonds is 3. The summed E-state index contributed by atoms with van der Waals surface area (Å²) < 4.78 is 20.7. The van der Waals surface area contributed by atoms with Crippen LogP contribution in [-0.4, -0.2) is 14.9 Å². The third kappa shape index (κ3) is 3.27. The molecule has 0 spiro atoms. The molecule has 2 aromatic carbocycles. The van der Waals surface area contributed by atoms with Gasteiger partial charge in [0.2, 0.25) is 0 Å². The summed E-state index contributed by atoms with van der Waals surface area (Å²) in [6.45, 7) is 0. The van der Waals surface area contributed by atoms with E-state index in [0.717, 1.165) is 0 Å². The molecule has 0 aliphatic rings. The van der Waals surface area contributed by atoms with Crippen molar-refractivity contribution in [2.45, 2.75) is 0 Å². The van der Waals surface area contributed by atoms with E-state index in [0.29, 0.717) is 11.1 Å². The zero-order valence-electron chi connectivity index (χ0n) is 11.5. The highest BCUT2D eigenvalue weighted by molar-refractivity contribution is 7.46. The van der Waals surface area contributed by atoms with Gasteiger partial charge in [-0.25, -0.2) is 4.57 Å². The van der Waals surface area contributed by atoms with Gasteiger partial charge in [0.25, 0.3) is 0 Å². The third-order valence-corrected chi connectivity index (χ3v) is 3.60. The molecule has 3 aromatic rings. The minimum Gasteiger partial charge on any atom is -0.508 e. The second kappa shape index (κ2) is 5.55. The van der Waals surface area contributed by atoms with Crippen molar-refractivity contribution in [2.24, 2.45) is 0 Å². The Morgan fingerprint density at radius 3 is 2.39 bits per heavy atom. The van der Waals surface area contributed by atoms with Crippen molar-refractivity contribution in [2.75, 3.05) is 0 Å². The Labute approximate surface area is 129 Å². The van der Waals surface area contributed by atoms with Crippen LogP contribution in [0.2, 0.25) is 0 Å². The molecule has 0 atom stereocenters. The summed E-state index contributed by atoms with van der Waals surface area (Å²) in [5.74, 6) is -0.0236. The van der Waals surface area contributed by atoms with Crippen molar-refractivity contribution in [1.82, 2.24) is 0 Å². The van der Waals surface area contributed by atoms with E-state index in [-0.39, 0.29) is 27.9 Å². The number of hydrogen-bond acceptors (Lipinski definition) is 5. The van der Waals surface area contributed by atoms with Crippen LogP contribution >= 0.6 is 7.82 Å². The number of fused-ring (bicyclic) bond motifs is 1. The van der Waals surface area contributed by atoms with Gasteiger partial charge in [0.15, 0.2) is 5.43 Å². The number of benzene rings is 2. The quantitative estimate of drug-likeness (QED) is 0.630. The van der Waals surface area contributed by atoms with E-state index in [4.69, 9.17) is 14.2 Å². The third-order valence-electron chi connectivity index (χ3n) is 3.15. The average molecular weight is 334 g/mol. The van der Waals surface area contributed by atoms with Crippen LogP contribution in [0.3, 0.4) is 0 Å². The highest BCUT2D eigenvalue weighted by Gasteiger charge is 2.17. The van der Waals surface area contributed by atoms with Crippen LogP contribution in [0.1, 0.15) is 0 Å². The lowest BCUT2D eigenvalue weighted by molar-refractivity contribution is 0.283. The standard InChI is InChI=1S/C15H11O7P/c16-10-3-1-9(2-4-10)13-8-21-14-7-11(22-23(18,19)20)5-6-12(14)15(13)17/h1-8,16H,(H2,18,19,20). The number of phenolic OH excluding ortho intramolecular Hbond substituents is 1. The molecule has 23 heavy (non-hydrogen) atoms. The van der Waals surface area contributed by atoms with Crippen LogP contribution in [0.5, 0.6) is 11.5 Å². The Kier molecular flexibility index (Phi) is 3.69. The van der Waals surface area contributed by atoms with Crippen LogP contribution in [-0.2, 0) is 4.57 Å². The molecule has 1 heterocycles. The number of aromatic hydroxyl groups is 1. The lowest BCUT2D eigenvalue weighted by atomic mass is 10.1. The monoisotopic (exact) mass is 334 g/mol. The maximum absolute atomic E-state index is 12.5. The van der Waals surface area contributed by atoms with E-state index < -0.39 is 7.82 Å². The van der Waals surface area contributed by atoms with Gasteiger partial charge < -0.3 is 14.0 Å². The molecular formula is C15H11O7P. The predicted octanol–water partition coefficient (Wildman–Crippen LogP) is 2.64. The predicted molar refractivity (Wildman–Crippen MR) is 82.3 cm³/mol. The first-order valence-electron chi connectivity index (χ1n) is 6.43. The fourth-order valence-corrected chi connectivity index (χ4v) is 2.53. The Morgan fingerprint density at radius 1 is 1.04 bits per heavy atom. The number of phosphoric ester groups is 1. The van der Waals surface area contributed by atoms with Gasteiger partial charge in [-0.2, -0.15) is 0 Å². The molecule has 3 rings (SSSR count). The van der Waals surface area contributed by atoms with E-state index >= 15 is 0 Å². The van der Waals surface area contributed by atoms with Gasteiger partial charge in [-0.05, 0) is 29.8 Å². The summed E-state index contributed by atoms with van der Waals surface area (Å²) in [5, 5.41) is 9.53. The van der Waals surface area contributed by atoms with Gasteiger partial charge in [0.1, 0.15) is 23.3 Å². The molecule has 0 bridgehead atoms. The molecule has 0 fully saturated rings. The summed E-state index contributed by atoms with van der Waals surface area (Å²) in [6.07, 6.45) is 1.25. The van der Waals surface area contributed by atoms with Gasteiger partial charge in [0, 0.05) is 6.07 Å². The molecule has 0 amide bonds. The molecule has 118 valence electrons. The lowest BCUT2D eigenvalue weighted by Crippen LogP contribution is -2.04. The molecule has 1 aromatic heterocycles. The normalized spacial score (nSPS) is 11.6. The van der Waals surface area contributed by atoms with Crippen LogP contribution in [0, 0.1) is 0 Å². The maximum Gasteiger partial charge on any atom is 0.524 e. The Bertz CT molecular complexity index is 969. The van der Waals surface area contributed by atoms with Crippen molar-refractivity contribution < 1.29 is 28.4 Å². The molecule has 7 nitrogen and oxygen atoms in total. The smallest absolute Gasteiger partial charge is 0.508 e. The first-order valence-corrected chi connectivity index (χ1v) is 7.97. The molecular weight excluding hydrogens is 323 g/mol. The van der Waals surface area contributed by atoms with E-state index in [1.165, 1.54) is 36.6 Å². The highest BCUT2D eigenvalue weighted by atomic mass is 31.2. The Balaban J connectivity index is 2.10. The highest BCUT2D eigenvalue weighted by Crippen LogP contribution is 2.38. The van der Waals surface area contributed by atoms with E-state index in [1.807, 2.05) is 0 Å². The number of phosphoric acid groups is 1. The number of phenols is 1. The molecule has 0 aliphatic carbocycles. The Hall–Kier alpha value is -2.60. The summed E-state index contributed by atoms with van der Waals surface area (Å²) in [7, 11) is -4.68. The molecule has 0 saturated carbocycles. The van der Waals surface area contributed by atoms with E-state index in [1.54, 1.807) is 12.1 Å². The van der Waals surface area contributed by atoms with Gasteiger partial charge >= 0.3 is 7.82 Å². The average Bonchev–Trinajstić information content (AvgIpc) is 2.47. The van der Waals surface area contributed by atoms with Crippen molar-refractivity contribution >= 4 is 18.8 Å². The first-order chi connectivity index (χ1) is 10.8. The molecule has 0 radical (unpaired) electrons. The lowest BCUT2D eigenvalue weighted by Gasteiger charge is -2.07. The van der Waals surface area contributed by atoms with E-state index in [9.17, 15) is 14.5 Å². The molecule has 8 heteroatoms. The van der Waals surface area contributed by atoms with Crippen molar-refractivity contribution in [3.63, 3.8) is 0 Å². The van der Waals surface area contributed by atoms with Crippen molar-refractivity contribution in [3.8, 4) is 22.6 Å². The van der Waals surface area contributed by atoms with Crippen molar-refractivity contribution in [3.05, 3.63) is 59.0 Å². The molecule has 0 saturated heterocycles. The maximum atomic E-state index is 12.5. The second-order valence-corrected chi connectivity index (χ2v) is 5.93. The Morgan fingerprint density at radius 2 is 1.74 bits per heavy atom. The summed E-state index contributed by atoms with van der Waals surface area (Å²) in [6, 6.07) is 9.95. The van der Waals surface area contributed by atoms with Gasteiger partial charge in [-0.1, -0.05) is 12.1 Å². The number of hydrogen-bond donors (Lipinski definition) is 3. The van der Waals surface area contributed by atoms with Gasteiger partial charge in [0.05, 0.1) is 10.9 Å². The topological polar surface area (TPSA) is 117 Å². The summed E-state index contributed by atoms with van der Waals surface area (Å²) in [4.78, 5) is 30.1. The zero-order valence-corrected chi connectivity index (χ0v) is 12.4. The largest absolute Gasteiger partial charge is 0.524 e. The molecule has 3 N–H and O–H groups in total. The van der Waals surface area contributed by atoms with Gasteiger partial charge in [-0.3, -0.25) is 14.6 Å². The minimum absolute atomic E-state index is 0.0816. The minimum atomic E-state index is -4.68. The molecule has 0 aliphatic heterocycles. The fraction of sp³-hybridized carbons (Fsp3) is 0. The SMILES string of the molecule is O=c1c(-c2ccc(O)cc2)coc2cc(OP(=O)(O)O)ccc12. The second-order valence-electron chi connectivity index (χ2n) is 4.77. The molecule has 0 unspecified atom stereocenters. The first kappa shape index (κ1) is 15.3. The van der Waals surface area contributed by atoms with Crippen LogP contribution in [0.25, 0.3) is 22.1 Å². The van der Waals surface area contributed by atoms with Gasteiger partial charge in [-0.15, -0.1) is 0 Å².